The summed E-state index contributed by atoms with van der Waals surface area (Å²) in [6.45, 7) is 2.02. The molecule has 0 fully saturated rings. The van der Waals surface area contributed by atoms with Crippen LogP contribution < -0.4 is 0 Å². The Labute approximate surface area is 116 Å². The van der Waals surface area contributed by atoms with Crippen LogP contribution in [0.5, 0.6) is 0 Å². The van der Waals surface area contributed by atoms with Crippen molar-refractivity contribution >= 4 is 27.5 Å². The van der Waals surface area contributed by atoms with E-state index in [0.29, 0.717) is 19.1 Å². The lowest BCUT2D eigenvalue weighted by Gasteiger charge is -2.16. The van der Waals surface area contributed by atoms with Gasteiger partial charge in [0.05, 0.1) is 13.2 Å². The number of hydrogen-bond acceptors (Lipinski definition) is 2. The van der Waals surface area contributed by atoms with Gasteiger partial charge in [0.15, 0.2) is 0 Å². The van der Waals surface area contributed by atoms with E-state index in [1.807, 2.05) is 18.2 Å². The lowest BCUT2D eigenvalue weighted by Crippen LogP contribution is -2.08. The number of rotatable bonds is 8. The summed E-state index contributed by atoms with van der Waals surface area (Å²) in [7, 11) is 1.67. The third-order valence-electron chi connectivity index (χ3n) is 2.57. The van der Waals surface area contributed by atoms with E-state index in [9.17, 15) is 0 Å². The topological polar surface area (TPSA) is 18.5 Å². The molecule has 2 nitrogen and oxygen atoms in total. The number of alkyl halides is 1. The molecule has 1 atom stereocenters. The molecule has 0 spiro atoms. The Bertz CT molecular complexity index is 320. The van der Waals surface area contributed by atoms with E-state index in [1.165, 1.54) is 5.56 Å². The Kier molecular flexibility index (Phi) is 7.86. The van der Waals surface area contributed by atoms with E-state index in [4.69, 9.17) is 21.1 Å². The predicted molar refractivity (Wildman–Crippen MR) is 75.3 cm³/mol. The molecule has 0 heterocycles. The molecule has 0 amide bonds. The minimum absolute atomic E-state index is 0.395. The van der Waals surface area contributed by atoms with Crippen molar-refractivity contribution in [2.45, 2.75) is 12.3 Å². The van der Waals surface area contributed by atoms with E-state index in [0.717, 1.165) is 23.4 Å². The molecule has 0 radical (unpaired) electrons. The van der Waals surface area contributed by atoms with Crippen LogP contribution in [0.4, 0.5) is 0 Å². The molecule has 0 saturated heterocycles. The molecule has 1 unspecified atom stereocenters. The lowest BCUT2D eigenvalue weighted by atomic mass is 9.98. The van der Waals surface area contributed by atoms with E-state index >= 15 is 0 Å². The highest BCUT2D eigenvalue weighted by molar-refractivity contribution is 9.09. The van der Waals surface area contributed by atoms with Gasteiger partial charge in [-0.15, -0.1) is 0 Å². The summed E-state index contributed by atoms with van der Waals surface area (Å²) < 4.78 is 10.4. The van der Waals surface area contributed by atoms with Gasteiger partial charge in [-0.2, -0.15) is 0 Å². The molecule has 0 aliphatic heterocycles. The zero-order valence-electron chi connectivity index (χ0n) is 9.99. The van der Waals surface area contributed by atoms with E-state index in [-0.39, 0.29) is 0 Å². The molecule has 1 aromatic rings. The largest absolute Gasteiger partial charge is 0.382 e. The molecule has 96 valence electrons. The highest BCUT2D eigenvalue weighted by atomic mass is 79.9. The van der Waals surface area contributed by atoms with Crippen LogP contribution in [0, 0.1) is 0 Å². The molecule has 1 aromatic carbocycles. The van der Waals surface area contributed by atoms with Crippen molar-refractivity contribution < 1.29 is 9.47 Å². The van der Waals surface area contributed by atoms with Crippen LogP contribution in [-0.2, 0) is 9.47 Å². The Hall–Kier alpha value is -0.0900. The van der Waals surface area contributed by atoms with Gasteiger partial charge < -0.3 is 9.47 Å². The molecule has 0 aliphatic rings. The average Bonchev–Trinajstić information content (AvgIpc) is 2.35. The predicted octanol–water partition coefficient (Wildman–Crippen LogP) is 3.87. The first-order valence-corrected chi connectivity index (χ1v) is 7.16. The molecule has 0 aromatic heterocycles. The second kappa shape index (κ2) is 8.92. The monoisotopic (exact) mass is 320 g/mol. The van der Waals surface area contributed by atoms with Crippen LogP contribution in [0.15, 0.2) is 24.3 Å². The number of methoxy groups -OCH3 is 1. The van der Waals surface area contributed by atoms with Crippen LogP contribution in [0.1, 0.15) is 17.9 Å². The fourth-order valence-corrected chi connectivity index (χ4v) is 2.55. The highest BCUT2D eigenvalue weighted by Gasteiger charge is 2.12. The summed E-state index contributed by atoms with van der Waals surface area (Å²) in [4.78, 5) is 0. The van der Waals surface area contributed by atoms with Crippen LogP contribution in [0.25, 0.3) is 0 Å². The summed E-state index contributed by atoms with van der Waals surface area (Å²) in [5.74, 6) is 0.395. The van der Waals surface area contributed by atoms with Crippen LogP contribution in [0.2, 0.25) is 5.02 Å². The molecular weight excluding hydrogens is 303 g/mol. The van der Waals surface area contributed by atoms with Gasteiger partial charge in [0, 0.05) is 24.1 Å². The van der Waals surface area contributed by atoms with Crippen LogP contribution in [-0.4, -0.2) is 32.3 Å². The van der Waals surface area contributed by atoms with E-state index in [1.54, 1.807) is 7.11 Å². The van der Waals surface area contributed by atoms with Gasteiger partial charge in [-0.05, 0) is 24.0 Å². The Morgan fingerprint density at radius 3 is 2.65 bits per heavy atom. The smallest absolute Gasteiger partial charge is 0.0700 e. The van der Waals surface area contributed by atoms with Crippen molar-refractivity contribution in [2.75, 3.05) is 32.3 Å². The van der Waals surface area contributed by atoms with Crippen LogP contribution in [0.3, 0.4) is 0 Å². The minimum atomic E-state index is 0.395. The molecule has 0 aliphatic carbocycles. The first kappa shape index (κ1) is 15.0. The molecular formula is C13H18BrClO2. The molecule has 0 N–H and O–H groups in total. The zero-order chi connectivity index (χ0) is 12.5. The quantitative estimate of drug-likeness (QED) is 0.534. The van der Waals surface area contributed by atoms with Crippen molar-refractivity contribution in [3.8, 4) is 0 Å². The molecule has 0 saturated carbocycles. The SMILES string of the molecule is COCCOCCC(CBr)c1ccccc1Cl. The van der Waals surface area contributed by atoms with E-state index in [2.05, 4.69) is 22.0 Å². The van der Waals surface area contributed by atoms with Gasteiger partial charge in [0.2, 0.25) is 0 Å². The first-order valence-electron chi connectivity index (χ1n) is 5.66. The highest BCUT2D eigenvalue weighted by Crippen LogP contribution is 2.28. The van der Waals surface area contributed by atoms with Crippen molar-refractivity contribution in [3.05, 3.63) is 34.9 Å². The summed E-state index contributed by atoms with van der Waals surface area (Å²) in [6.07, 6.45) is 0.957. The van der Waals surface area contributed by atoms with Crippen LogP contribution >= 0.6 is 27.5 Å². The first-order chi connectivity index (χ1) is 8.29. The number of halogens is 2. The van der Waals surface area contributed by atoms with Gasteiger partial charge in [-0.3, -0.25) is 0 Å². The molecule has 17 heavy (non-hydrogen) atoms. The van der Waals surface area contributed by atoms with Gasteiger partial charge in [0.25, 0.3) is 0 Å². The van der Waals surface area contributed by atoms with E-state index < -0.39 is 0 Å². The Balaban J connectivity index is 2.41. The zero-order valence-corrected chi connectivity index (χ0v) is 12.3. The Morgan fingerprint density at radius 2 is 2.00 bits per heavy atom. The van der Waals surface area contributed by atoms with Crippen molar-refractivity contribution in [1.82, 2.24) is 0 Å². The molecule has 4 heteroatoms. The summed E-state index contributed by atoms with van der Waals surface area (Å²) in [6, 6.07) is 7.97. The normalized spacial score (nSPS) is 12.6. The van der Waals surface area contributed by atoms with Crippen molar-refractivity contribution in [1.29, 1.82) is 0 Å². The van der Waals surface area contributed by atoms with Gasteiger partial charge >= 0.3 is 0 Å². The third-order valence-corrected chi connectivity index (χ3v) is 3.70. The van der Waals surface area contributed by atoms with Gasteiger partial charge in [0.1, 0.15) is 0 Å². The third kappa shape index (κ3) is 5.38. The summed E-state index contributed by atoms with van der Waals surface area (Å²) in [5.41, 5.74) is 1.18. The maximum Gasteiger partial charge on any atom is 0.0700 e. The second-order valence-electron chi connectivity index (χ2n) is 3.77. The van der Waals surface area contributed by atoms with Gasteiger partial charge in [-0.1, -0.05) is 45.7 Å². The average molecular weight is 322 g/mol. The fourth-order valence-electron chi connectivity index (χ4n) is 1.59. The molecule has 1 rings (SSSR count). The van der Waals surface area contributed by atoms with Gasteiger partial charge in [-0.25, -0.2) is 0 Å². The number of ether oxygens (including phenoxy) is 2. The summed E-state index contributed by atoms with van der Waals surface area (Å²) in [5, 5.41) is 1.72. The Morgan fingerprint density at radius 1 is 1.24 bits per heavy atom. The lowest BCUT2D eigenvalue weighted by molar-refractivity contribution is 0.0677. The maximum absolute atomic E-state index is 6.18. The molecule has 0 bridgehead atoms. The fraction of sp³-hybridized carbons (Fsp3) is 0.538. The maximum atomic E-state index is 6.18. The number of benzene rings is 1. The number of hydrogen-bond donors (Lipinski definition) is 0. The van der Waals surface area contributed by atoms with Crippen molar-refractivity contribution in [3.63, 3.8) is 0 Å². The standard InChI is InChI=1S/C13H18BrClO2/c1-16-8-9-17-7-6-11(10-14)12-4-2-3-5-13(12)15/h2-5,11H,6-10H2,1H3. The summed E-state index contributed by atoms with van der Waals surface area (Å²) >= 11 is 9.71. The second-order valence-corrected chi connectivity index (χ2v) is 4.82. The minimum Gasteiger partial charge on any atom is -0.382 e. The van der Waals surface area contributed by atoms with Crippen molar-refractivity contribution in [2.24, 2.45) is 0 Å².